The maximum absolute atomic E-state index is 12.3. The Bertz CT molecular complexity index is 1260. The molecule has 9 nitrogen and oxygen atoms in total. The van der Waals surface area contributed by atoms with Gasteiger partial charge in [0.1, 0.15) is 5.52 Å². The van der Waals surface area contributed by atoms with Crippen molar-refractivity contribution in [3.63, 3.8) is 0 Å². The second kappa shape index (κ2) is 7.16. The molecule has 4 aromatic rings. The fourth-order valence-electron chi connectivity index (χ4n) is 2.62. The van der Waals surface area contributed by atoms with Gasteiger partial charge < -0.3 is 4.42 Å². The molecule has 0 atom stereocenters. The number of oxazole rings is 1. The average molecular weight is 375 g/mol. The van der Waals surface area contributed by atoms with Gasteiger partial charge in [-0.3, -0.25) is 25.2 Å². The second-order valence-corrected chi connectivity index (χ2v) is 5.74. The van der Waals surface area contributed by atoms with Crippen molar-refractivity contribution in [2.75, 3.05) is 0 Å². The minimum atomic E-state index is -0.670. The minimum absolute atomic E-state index is 0.0153. The first-order valence-electron chi connectivity index (χ1n) is 8.23. The highest BCUT2D eigenvalue weighted by Crippen LogP contribution is 2.15. The number of nitrogens with zero attached hydrogens (tertiary/aromatic N) is 2. The van der Waals surface area contributed by atoms with Gasteiger partial charge in [-0.2, -0.15) is 5.10 Å². The van der Waals surface area contributed by atoms with Crippen LogP contribution in [-0.2, 0) is 4.79 Å². The van der Waals surface area contributed by atoms with E-state index in [4.69, 9.17) is 4.42 Å². The summed E-state index contributed by atoms with van der Waals surface area (Å²) < 4.78 is 5.46. The lowest BCUT2D eigenvalue weighted by Crippen LogP contribution is -2.41. The van der Waals surface area contributed by atoms with E-state index in [0.717, 1.165) is 0 Å². The number of benzene rings is 2. The fourth-order valence-corrected chi connectivity index (χ4v) is 2.62. The Kier molecular flexibility index (Phi) is 4.38. The molecule has 0 radical (unpaired) electrons. The maximum atomic E-state index is 12.3. The van der Waals surface area contributed by atoms with Gasteiger partial charge in [0, 0.05) is 17.5 Å². The summed E-state index contributed by atoms with van der Waals surface area (Å²) in [4.78, 5) is 40.2. The molecule has 9 heteroatoms. The lowest BCUT2D eigenvalue weighted by molar-refractivity contribution is -0.117. The summed E-state index contributed by atoms with van der Waals surface area (Å²) in [6.45, 7) is 0. The van der Waals surface area contributed by atoms with Gasteiger partial charge in [-0.05, 0) is 18.2 Å². The summed E-state index contributed by atoms with van der Waals surface area (Å²) in [6.07, 6.45) is 2.55. The van der Waals surface area contributed by atoms with E-state index in [1.54, 1.807) is 36.4 Å². The summed E-state index contributed by atoms with van der Waals surface area (Å²) >= 11 is 0. The van der Waals surface area contributed by atoms with Crippen LogP contribution < -0.4 is 16.4 Å². The molecular weight excluding hydrogens is 362 g/mol. The Morgan fingerprint density at radius 3 is 2.57 bits per heavy atom. The Morgan fingerprint density at radius 1 is 1.00 bits per heavy atom. The number of carbonyl (C=O) groups is 2. The van der Waals surface area contributed by atoms with E-state index < -0.39 is 17.4 Å². The molecule has 3 N–H and O–H groups in total. The number of hydrogen-bond donors (Lipinski definition) is 3. The van der Waals surface area contributed by atoms with Crippen molar-refractivity contribution in [1.82, 2.24) is 26.0 Å². The van der Waals surface area contributed by atoms with Crippen LogP contribution in [0.25, 0.3) is 27.9 Å². The molecule has 0 unspecified atom stereocenters. The van der Waals surface area contributed by atoms with Crippen molar-refractivity contribution < 1.29 is 14.0 Å². The summed E-state index contributed by atoms with van der Waals surface area (Å²) in [5.41, 5.74) is 5.34. The van der Waals surface area contributed by atoms with Gasteiger partial charge in [0.25, 0.3) is 17.4 Å². The van der Waals surface area contributed by atoms with Crippen molar-refractivity contribution in [2.45, 2.75) is 0 Å². The number of carbonyl (C=O) groups excluding carboxylic acids is 2. The summed E-state index contributed by atoms with van der Waals surface area (Å²) in [7, 11) is 0. The van der Waals surface area contributed by atoms with Crippen molar-refractivity contribution >= 4 is 39.8 Å². The Morgan fingerprint density at radius 2 is 1.75 bits per heavy atom. The zero-order valence-electron chi connectivity index (χ0n) is 14.3. The molecule has 0 aliphatic heterocycles. The van der Waals surface area contributed by atoms with Gasteiger partial charge in [-0.15, -0.1) is 0 Å². The highest BCUT2D eigenvalue weighted by atomic mass is 16.3. The van der Waals surface area contributed by atoms with E-state index in [-0.39, 0.29) is 11.6 Å². The van der Waals surface area contributed by atoms with E-state index in [0.29, 0.717) is 21.9 Å². The molecule has 0 aliphatic carbocycles. The molecule has 0 saturated heterocycles. The van der Waals surface area contributed by atoms with Gasteiger partial charge in [0.15, 0.2) is 11.3 Å². The first-order valence-corrected chi connectivity index (χ1v) is 8.23. The molecular formula is C19H13N5O4. The van der Waals surface area contributed by atoms with E-state index in [9.17, 15) is 14.4 Å². The Balaban J connectivity index is 1.44. The molecule has 2 amide bonds. The number of hydrogen-bond acceptors (Lipinski definition) is 6. The normalized spacial score (nSPS) is 11.1. The van der Waals surface area contributed by atoms with Crippen LogP contribution >= 0.6 is 0 Å². The molecule has 2 heterocycles. The topological polar surface area (TPSA) is 130 Å². The molecule has 2 aromatic carbocycles. The predicted octanol–water partition coefficient (Wildman–Crippen LogP) is 1.54. The largest absolute Gasteiger partial charge is 0.437 e. The second-order valence-electron chi connectivity index (χ2n) is 5.74. The molecule has 138 valence electrons. The SMILES string of the molecule is O=C(/C=C/c1nc2ccccc2o1)NNC(=O)c1n[nH]c(=O)c2ccccc12. The van der Waals surface area contributed by atoms with E-state index in [1.807, 2.05) is 12.1 Å². The molecule has 28 heavy (non-hydrogen) atoms. The first-order chi connectivity index (χ1) is 13.6. The molecule has 2 aromatic heterocycles. The van der Waals surface area contributed by atoms with Crippen LogP contribution in [0.3, 0.4) is 0 Å². The highest BCUT2D eigenvalue weighted by Gasteiger charge is 2.14. The summed E-state index contributed by atoms with van der Waals surface area (Å²) in [6, 6.07) is 13.7. The van der Waals surface area contributed by atoms with Gasteiger partial charge >= 0.3 is 0 Å². The first kappa shape index (κ1) is 17.2. The highest BCUT2D eigenvalue weighted by molar-refractivity contribution is 6.05. The van der Waals surface area contributed by atoms with Crippen LogP contribution in [0.15, 0.2) is 63.8 Å². The monoisotopic (exact) mass is 375 g/mol. The molecule has 0 fully saturated rings. The van der Waals surface area contributed by atoms with E-state index >= 15 is 0 Å². The number of fused-ring (bicyclic) bond motifs is 2. The predicted molar refractivity (Wildman–Crippen MR) is 101 cm³/mol. The molecule has 4 rings (SSSR count). The lowest BCUT2D eigenvalue weighted by Gasteiger charge is -2.06. The molecule has 0 spiro atoms. The number of rotatable bonds is 3. The molecule has 0 saturated carbocycles. The smallest absolute Gasteiger partial charge is 0.290 e. The van der Waals surface area contributed by atoms with Crippen LogP contribution in [0.2, 0.25) is 0 Å². The number of aromatic nitrogens is 3. The summed E-state index contributed by atoms with van der Waals surface area (Å²) in [5.74, 6) is -1.00. The standard InChI is InChI=1S/C19H13N5O4/c25-15(9-10-16-20-13-7-3-4-8-14(13)28-16)21-24-19(27)17-11-5-1-2-6-12(11)18(26)23-22-17/h1-10H,(H,21,25)(H,23,26)(H,24,27)/b10-9+. The van der Waals surface area contributed by atoms with Crippen molar-refractivity contribution in [3.8, 4) is 0 Å². The summed E-state index contributed by atoms with van der Waals surface area (Å²) in [5, 5.41) is 6.71. The number of nitrogens with one attached hydrogen (secondary N) is 3. The van der Waals surface area contributed by atoms with E-state index in [2.05, 4.69) is 26.0 Å². The Hall–Kier alpha value is -4.27. The number of para-hydroxylation sites is 2. The molecule has 0 aliphatic rings. The zero-order chi connectivity index (χ0) is 19.5. The van der Waals surface area contributed by atoms with Crippen molar-refractivity contribution in [3.05, 3.63) is 76.5 Å². The van der Waals surface area contributed by atoms with Gasteiger partial charge in [-0.25, -0.2) is 10.1 Å². The quantitative estimate of drug-likeness (QED) is 0.368. The third-order valence-electron chi connectivity index (χ3n) is 3.90. The van der Waals surface area contributed by atoms with Crippen molar-refractivity contribution in [1.29, 1.82) is 0 Å². The van der Waals surface area contributed by atoms with Crippen LogP contribution in [0.4, 0.5) is 0 Å². The third kappa shape index (κ3) is 3.36. The number of H-pyrrole nitrogens is 1. The maximum Gasteiger partial charge on any atom is 0.290 e. The van der Waals surface area contributed by atoms with E-state index in [1.165, 1.54) is 12.2 Å². The van der Waals surface area contributed by atoms with Gasteiger partial charge in [0.05, 0.1) is 5.39 Å². The Labute approximate surface area is 157 Å². The van der Waals surface area contributed by atoms with Crippen LogP contribution in [0.1, 0.15) is 16.4 Å². The number of amides is 2. The molecule has 0 bridgehead atoms. The van der Waals surface area contributed by atoms with Crippen LogP contribution in [0.5, 0.6) is 0 Å². The average Bonchev–Trinajstić information content (AvgIpc) is 3.14. The minimum Gasteiger partial charge on any atom is -0.437 e. The zero-order valence-corrected chi connectivity index (χ0v) is 14.3. The van der Waals surface area contributed by atoms with Crippen LogP contribution in [0, 0.1) is 0 Å². The third-order valence-corrected chi connectivity index (χ3v) is 3.90. The fraction of sp³-hybridized carbons (Fsp3) is 0. The van der Waals surface area contributed by atoms with Crippen LogP contribution in [-0.4, -0.2) is 27.0 Å². The lowest BCUT2D eigenvalue weighted by atomic mass is 10.1. The number of aromatic amines is 1. The number of hydrazine groups is 1. The van der Waals surface area contributed by atoms with Gasteiger partial charge in [-0.1, -0.05) is 30.3 Å². The van der Waals surface area contributed by atoms with Crippen molar-refractivity contribution in [2.24, 2.45) is 0 Å². The van der Waals surface area contributed by atoms with Gasteiger partial charge in [0.2, 0.25) is 5.89 Å².